The number of hydrogen-bond acceptors (Lipinski definition) is 7. The number of halogens is 1. The quantitative estimate of drug-likeness (QED) is 0.0817. The summed E-state index contributed by atoms with van der Waals surface area (Å²) in [6, 6.07) is 15.1. The third kappa shape index (κ3) is 8.70. The Kier molecular flexibility index (Phi) is 11.9. The van der Waals surface area contributed by atoms with Crippen LogP contribution in [0.2, 0.25) is 0 Å². The Morgan fingerprint density at radius 3 is 2.21 bits per heavy atom. The van der Waals surface area contributed by atoms with Crippen molar-refractivity contribution in [3.63, 3.8) is 0 Å². The first-order valence-corrected chi connectivity index (χ1v) is 14.2. The zero-order valence-electron chi connectivity index (χ0n) is 25.0. The number of methoxy groups -OCH3 is 1. The second kappa shape index (κ2) is 15.4. The number of aromatic nitrogens is 1. The summed E-state index contributed by atoms with van der Waals surface area (Å²) in [4.78, 5) is 37.1. The van der Waals surface area contributed by atoms with Crippen molar-refractivity contribution in [2.24, 2.45) is 5.84 Å². The Labute approximate surface area is 251 Å². The predicted molar refractivity (Wildman–Crippen MR) is 162 cm³/mol. The van der Waals surface area contributed by atoms with E-state index in [4.69, 9.17) is 5.84 Å². The van der Waals surface area contributed by atoms with E-state index in [-0.39, 0.29) is 37.6 Å². The fraction of sp³-hybridized carbons (Fsp3) is 0.364. The lowest BCUT2D eigenvalue weighted by Gasteiger charge is -2.22. The van der Waals surface area contributed by atoms with Gasteiger partial charge in [-0.3, -0.25) is 19.4 Å². The summed E-state index contributed by atoms with van der Waals surface area (Å²) in [5.41, 5.74) is 3.74. The van der Waals surface area contributed by atoms with Crippen LogP contribution in [0.25, 0.3) is 22.3 Å². The summed E-state index contributed by atoms with van der Waals surface area (Å²) in [6.45, 7) is 5.25. The number of amides is 1. The van der Waals surface area contributed by atoms with Gasteiger partial charge in [-0.25, -0.2) is 10.2 Å². The minimum Gasteiger partial charge on any atom is -0.469 e. The molecule has 0 fully saturated rings. The molecule has 0 radical (unpaired) electrons. The highest BCUT2D eigenvalue weighted by molar-refractivity contribution is 6.05. The molecule has 2 atom stereocenters. The van der Waals surface area contributed by atoms with Gasteiger partial charge in [-0.2, -0.15) is 0 Å². The molecule has 0 aliphatic carbocycles. The normalized spacial score (nSPS) is 12.9. The molecule has 9 nitrogen and oxygen atoms in total. The Morgan fingerprint density at radius 1 is 1.00 bits per heavy atom. The number of carbonyl (C=O) groups is 3. The number of hydrazine groups is 1. The minimum absolute atomic E-state index is 0.00602. The maximum atomic E-state index is 14.1. The van der Waals surface area contributed by atoms with Gasteiger partial charge in [0.1, 0.15) is 11.5 Å². The molecule has 0 spiro atoms. The van der Waals surface area contributed by atoms with E-state index >= 15 is 0 Å². The number of allylic oxidation sites excluding steroid dienone is 1. The van der Waals surface area contributed by atoms with Gasteiger partial charge in [-0.1, -0.05) is 48.5 Å². The molecule has 0 bridgehead atoms. The lowest BCUT2D eigenvalue weighted by molar-refractivity contribution is -0.143. The van der Waals surface area contributed by atoms with Crippen LogP contribution in [-0.2, 0) is 20.7 Å². The Balaban J connectivity index is 2.20. The number of benzene rings is 2. The number of nitrogens with zero attached hydrogens (tertiary/aromatic N) is 2. The SMILES string of the molecule is COC(=O)C[C@H](O)C[C@H](O)CCc1c(-c2ccc(F)cc2)c(-c2ccccc2)c(C(=O)N(N)CC=CC(C)=O)n1C(C)C. The lowest BCUT2D eigenvalue weighted by Crippen LogP contribution is -2.39. The summed E-state index contributed by atoms with van der Waals surface area (Å²) < 4.78 is 20.5. The molecule has 0 saturated heterocycles. The number of ketones is 1. The molecule has 3 aromatic rings. The number of esters is 1. The average Bonchev–Trinajstić information content (AvgIpc) is 3.31. The van der Waals surface area contributed by atoms with E-state index in [1.54, 1.807) is 12.1 Å². The maximum Gasteiger partial charge on any atom is 0.308 e. The zero-order valence-corrected chi connectivity index (χ0v) is 25.0. The van der Waals surface area contributed by atoms with E-state index in [0.717, 1.165) is 16.3 Å². The monoisotopic (exact) mass is 593 g/mol. The van der Waals surface area contributed by atoms with E-state index < -0.39 is 29.9 Å². The molecule has 1 amide bonds. The minimum atomic E-state index is -1.08. The van der Waals surface area contributed by atoms with Crippen molar-refractivity contribution in [1.82, 2.24) is 9.58 Å². The fourth-order valence-corrected chi connectivity index (χ4v) is 5.12. The molecule has 0 saturated carbocycles. The third-order valence-corrected chi connectivity index (χ3v) is 7.03. The summed E-state index contributed by atoms with van der Waals surface area (Å²) >= 11 is 0. The van der Waals surface area contributed by atoms with Crippen LogP contribution in [-0.4, -0.2) is 63.3 Å². The van der Waals surface area contributed by atoms with Crippen LogP contribution in [0.3, 0.4) is 0 Å². The maximum absolute atomic E-state index is 14.1. The van der Waals surface area contributed by atoms with Crippen LogP contribution >= 0.6 is 0 Å². The first-order chi connectivity index (χ1) is 20.4. The molecule has 3 rings (SSSR count). The van der Waals surface area contributed by atoms with Gasteiger partial charge >= 0.3 is 5.97 Å². The lowest BCUT2D eigenvalue weighted by atomic mass is 9.92. The number of nitrogens with two attached hydrogens (primary N) is 1. The van der Waals surface area contributed by atoms with Gasteiger partial charge in [0.2, 0.25) is 0 Å². The van der Waals surface area contributed by atoms with Crippen LogP contribution in [0.4, 0.5) is 4.39 Å². The third-order valence-electron chi connectivity index (χ3n) is 7.03. The topological polar surface area (TPSA) is 135 Å². The summed E-state index contributed by atoms with van der Waals surface area (Å²) in [7, 11) is 1.23. The molecular formula is C33H40FN3O6. The standard InChI is InChI=1S/C33H40FN3O6/c1-21(2)37-28(17-16-26(39)19-27(40)20-29(41)43-4)30(24-12-14-25(34)15-13-24)31(23-10-6-5-7-11-23)32(37)33(42)36(35)18-8-9-22(3)38/h5-15,21,26-27,39-40H,16-20,35H2,1-4H3/t26-,27-/m1/s1. The van der Waals surface area contributed by atoms with Crippen LogP contribution in [0.1, 0.15) is 62.3 Å². The largest absolute Gasteiger partial charge is 0.469 e. The van der Waals surface area contributed by atoms with Crippen molar-refractivity contribution in [2.75, 3.05) is 13.7 Å². The first-order valence-electron chi connectivity index (χ1n) is 14.2. The van der Waals surface area contributed by atoms with Gasteiger partial charge in [-0.15, -0.1) is 0 Å². The smallest absolute Gasteiger partial charge is 0.308 e. The molecule has 4 N–H and O–H groups in total. The Hall–Kier alpha value is -4.12. The number of aliphatic hydroxyl groups is 2. The van der Waals surface area contributed by atoms with Crippen molar-refractivity contribution in [3.05, 3.63) is 84.0 Å². The Bertz CT molecular complexity index is 1430. The molecule has 230 valence electrons. The van der Waals surface area contributed by atoms with Crippen molar-refractivity contribution in [2.45, 2.75) is 64.7 Å². The molecular weight excluding hydrogens is 553 g/mol. The van der Waals surface area contributed by atoms with E-state index in [1.165, 1.54) is 38.3 Å². The van der Waals surface area contributed by atoms with Gasteiger partial charge in [0.15, 0.2) is 5.78 Å². The van der Waals surface area contributed by atoms with E-state index in [2.05, 4.69) is 4.74 Å². The molecule has 0 aliphatic rings. The molecule has 10 heteroatoms. The predicted octanol–water partition coefficient (Wildman–Crippen LogP) is 4.61. The van der Waals surface area contributed by atoms with Crippen molar-refractivity contribution in [3.8, 4) is 22.3 Å². The van der Waals surface area contributed by atoms with E-state index in [1.807, 2.05) is 48.7 Å². The highest BCUT2D eigenvalue weighted by Crippen LogP contribution is 2.43. The Morgan fingerprint density at radius 2 is 1.63 bits per heavy atom. The van der Waals surface area contributed by atoms with Crippen LogP contribution in [0.5, 0.6) is 0 Å². The number of carbonyl (C=O) groups excluding carboxylic acids is 3. The van der Waals surface area contributed by atoms with Gasteiger partial charge in [0, 0.05) is 22.9 Å². The molecule has 1 heterocycles. The van der Waals surface area contributed by atoms with Crippen LogP contribution in [0, 0.1) is 5.82 Å². The van der Waals surface area contributed by atoms with Gasteiger partial charge in [0.25, 0.3) is 5.91 Å². The summed E-state index contributed by atoms with van der Waals surface area (Å²) in [6.07, 6.45) is 1.04. The molecule has 1 aromatic heterocycles. The number of aliphatic hydroxyl groups excluding tert-OH is 2. The van der Waals surface area contributed by atoms with Crippen molar-refractivity contribution < 1.29 is 33.7 Å². The average molecular weight is 594 g/mol. The zero-order chi connectivity index (χ0) is 31.7. The number of rotatable bonds is 14. The molecule has 0 unspecified atom stereocenters. The highest BCUT2D eigenvalue weighted by Gasteiger charge is 2.32. The molecule has 0 aliphatic heterocycles. The number of ether oxygens (including phenoxy) is 1. The van der Waals surface area contributed by atoms with Crippen molar-refractivity contribution >= 4 is 17.7 Å². The number of hydrogen-bond donors (Lipinski definition) is 3. The van der Waals surface area contributed by atoms with Crippen LogP contribution in [0.15, 0.2) is 66.7 Å². The van der Waals surface area contributed by atoms with Gasteiger partial charge in [-0.05, 0) is 69.4 Å². The second-order valence-corrected chi connectivity index (χ2v) is 10.7. The van der Waals surface area contributed by atoms with Gasteiger partial charge < -0.3 is 19.5 Å². The molecule has 43 heavy (non-hydrogen) atoms. The van der Waals surface area contributed by atoms with Crippen LogP contribution < -0.4 is 5.84 Å². The molecule has 2 aromatic carbocycles. The van der Waals surface area contributed by atoms with Crippen molar-refractivity contribution in [1.29, 1.82) is 0 Å². The second-order valence-electron chi connectivity index (χ2n) is 10.7. The highest BCUT2D eigenvalue weighted by atomic mass is 19.1. The van der Waals surface area contributed by atoms with E-state index in [0.29, 0.717) is 28.8 Å². The fourth-order valence-electron chi connectivity index (χ4n) is 5.12. The summed E-state index contributed by atoms with van der Waals surface area (Å²) in [5, 5.41) is 22.1. The van der Waals surface area contributed by atoms with E-state index in [9.17, 15) is 29.0 Å². The van der Waals surface area contributed by atoms with Gasteiger partial charge in [0.05, 0.1) is 32.3 Å². The summed E-state index contributed by atoms with van der Waals surface area (Å²) in [5.74, 6) is 4.61. The first kappa shape index (κ1) is 33.4.